The van der Waals surface area contributed by atoms with Gasteiger partial charge in [-0.1, -0.05) is 110 Å². The van der Waals surface area contributed by atoms with Crippen molar-refractivity contribution in [2.75, 3.05) is 12.8 Å². The predicted molar refractivity (Wildman–Crippen MR) is 148 cm³/mol. The molecule has 210 valence electrons. The van der Waals surface area contributed by atoms with Crippen molar-refractivity contribution >= 4 is 16.1 Å². The van der Waals surface area contributed by atoms with Crippen molar-refractivity contribution in [3.05, 3.63) is 0 Å². The molecule has 0 radical (unpaired) electrons. The van der Waals surface area contributed by atoms with Gasteiger partial charge >= 0.3 is 5.97 Å². The maximum Gasteiger partial charge on any atom is 0.323 e. The van der Waals surface area contributed by atoms with E-state index in [-0.39, 0.29) is 18.4 Å². The number of rotatable bonds is 24. The van der Waals surface area contributed by atoms with Gasteiger partial charge in [0.2, 0.25) is 0 Å². The van der Waals surface area contributed by atoms with Crippen molar-refractivity contribution in [3.63, 3.8) is 0 Å². The Balaban J connectivity index is 4.00. The number of hydrogen-bond donors (Lipinski definition) is 2. The third kappa shape index (κ3) is 16.7. The van der Waals surface area contributed by atoms with Crippen LogP contribution in [0.1, 0.15) is 150 Å². The summed E-state index contributed by atoms with van der Waals surface area (Å²) in [4.78, 5) is 13.9. The summed E-state index contributed by atoms with van der Waals surface area (Å²) in [5, 5.41) is 9.85. The van der Waals surface area contributed by atoms with Gasteiger partial charge < -0.3 is 5.11 Å². The molecular weight excluding hydrogens is 462 g/mol. The SMILES string of the molecule is CCCCCCCCCCCCCCCCCCC(C)(C)N(C)C(C)(CCCS(=O)(=O)O)C(=O)O. The fourth-order valence-electron chi connectivity index (χ4n) is 4.96. The Hall–Kier alpha value is -0.660. The van der Waals surface area contributed by atoms with Gasteiger partial charge in [-0.3, -0.25) is 14.2 Å². The van der Waals surface area contributed by atoms with Gasteiger partial charge in [-0.2, -0.15) is 8.42 Å². The first kappa shape index (κ1) is 34.3. The van der Waals surface area contributed by atoms with Gasteiger partial charge in [0.25, 0.3) is 10.1 Å². The molecule has 0 aromatic rings. The zero-order valence-corrected chi connectivity index (χ0v) is 24.4. The minimum atomic E-state index is -4.08. The van der Waals surface area contributed by atoms with Gasteiger partial charge in [-0.25, -0.2) is 0 Å². The third-order valence-corrected chi connectivity index (χ3v) is 8.62. The standard InChI is InChI=1S/C28H57NO5S/c1-6-7-8-9-10-11-12-13-14-15-16-17-18-19-20-21-23-27(2,3)29(5)28(4,26(30)31)24-22-25-35(32,33)34/h6-25H2,1-5H3,(H,30,31)(H,32,33,34). The maximum absolute atomic E-state index is 12.0. The molecule has 0 aliphatic rings. The smallest absolute Gasteiger partial charge is 0.323 e. The lowest BCUT2D eigenvalue weighted by molar-refractivity contribution is -0.154. The fourth-order valence-corrected chi connectivity index (χ4v) is 5.47. The van der Waals surface area contributed by atoms with Crippen LogP contribution >= 0.6 is 0 Å². The lowest BCUT2D eigenvalue weighted by Crippen LogP contribution is -2.59. The number of nitrogens with zero attached hydrogens (tertiary/aromatic N) is 1. The summed E-state index contributed by atoms with van der Waals surface area (Å²) in [5.74, 6) is -1.38. The van der Waals surface area contributed by atoms with Gasteiger partial charge in [-0.15, -0.1) is 0 Å². The highest BCUT2D eigenvalue weighted by Gasteiger charge is 2.43. The van der Waals surface area contributed by atoms with Crippen LogP contribution in [0.3, 0.4) is 0 Å². The molecule has 0 aliphatic carbocycles. The number of hydrogen-bond acceptors (Lipinski definition) is 4. The van der Waals surface area contributed by atoms with E-state index >= 15 is 0 Å². The molecule has 2 N–H and O–H groups in total. The Morgan fingerprint density at radius 1 is 0.686 bits per heavy atom. The van der Waals surface area contributed by atoms with Crippen LogP contribution in [0.4, 0.5) is 0 Å². The van der Waals surface area contributed by atoms with Crippen LogP contribution in [0.2, 0.25) is 0 Å². The van der Waals surface area contributed by atoms with E-state index in [9.17, 15) is 18.3 Å². The second-order valence-electron chi connectivity index (χ2n) is 11.4. The average molecular weight is 520 g/mol. The summed E-state index contributed by atoms with van der Waals surface area (Å²) in [6.45, 7) is 8.03. The van der Waals surface area contributed by atoms with Gasteiger partial charge in [0.15, 0.2) is 0 Å². The van der Waals surface area contributed by atoms with Crippen molar-refractivity contribution in [1.82, 2.24) is 4.90 Å². The lowest BCUT2D eigenvalue weighted by atomic mass is 9.86. The van der Waals surface area contributed by atoms with E-state index in [0.717, 1.165) is 19.3 Å². The molecule has 1 atom stereocenters. The summed E-state index contributed by atoms with van der Waals surface area (Å²) in [6.07, 6.45) is 22.4. The molecule has 0 saturated heterocycles. The topological polar surface area (TPSA) is 94.9 Å². The maximum atomic E-state index is 12.0. The van der Waals surface area contributed by atoms with Crippen molar-refractivity contribution < 1.29 is 22.9 Å². The van der Waals surface area contributed by atoms with Gasteiger partial charge in [-0.05, 0) is 47.1 Å². The Labute approximate surface area is 217 Å². The second kappa shape index (κ2) is 18.6. The summed E-state index contributed by atoms with van der Waals surface area (Å²) in [6, 6.07) is 0. The summed E-state index contributed by atoms with van der Waals surface area (Å²) < 4.78 is 31.0. The summed E-state index contributed by atoms with van der Waals surface area (Å²) in [7, 11) is -2.27. The summed E-state index contributed by atoms with van der Waals surface area (Å²) >= 11 is 0. The van der Waals surface area contributed by atoms with Crippen molar-refractivity contribution in [2.24, 2.45) is 0 Å². The lowest BCUT2D eigenvalue weighted by Gasteiger charge is -2.46. The second-order valence-corrected chi connectivity index (χ2v) is 13.0. The van der Waals surface area contributed by atoms with Gasteiger partial charge in [0, 0.05) is 5.54 Å². The number of carbonyl (C=O) groups is 1. The molecule has 0 aliphatic heterocycles. The van der Waals surface area contributed by atoms with Crippen LogP contribution in [-0.2, 0) is 14.9 Å². The van der Waals surface area contributed by atoms with Crippen LogP contribution in [0, 0.1) is 0 Å². The van der Waals surface area contributed by atoms with Crippen molar-refractivity contribution in [2.45, 2.75) is 161 Å². The molecule has 1 unspecified atom stereocenters. The zero-order valence-electron chi connectivity index (χ0n) is 23.6. The van der Waals surface area contributed by atoms with Gasteiger partial charge in [0.05, 0.1) is 5.75 Å². The highest BCUT2D eigenvalue weighted by molar-refractivity contribution is 7.85. The highest BCUT2D eigenvalue weighted by atomic mass is 32.2. The minimum absolute atomic E-state index is 0.112. The van der Waals surface area contributed by atoms with Gasteiger partial charge in [0.1, 0.15) is 5.54 Å². The Kier molecular flexibility index (Phi) is 18.2. The highest BCUT2D eigenvalue weighted by Crippen LogP contribution is 2.32. The van der Waals surface area contributed by atoms with Crippen LogP contribution in [-0.4, -0.2) is 52.8 Å². The molecule has 0 heterocycles. The normalized spacial score (nSPS) is 14.4. The molecular formula is C28H57NO5S. The molecule has 0 amide bonds. The molecule has 0 fully saturated rings. The Morgan fingerprint density at radius 3 is 1.40 bits per heavy atom. The van der Waals surface area contributed by atoms with Crippen LogP contribution in [0.5, 0.6) is 0 Å². The number of likely N-dealkylation sites (N-methyl/N-ethyl adjacent to an activating group) is 1. The van der Waals surface area contributed by atoms with E-state index in [0.29, 0.717) is 0 Å². The first-order chi connectivity index (χ1) is 16.4. The monoisotopic (exact) mass is 519 g/mol. The van der Waals surface area contributed by atoms with E-state index in [1.165, 1.54) is 89.9 Å². The first-order valence-electron chi connectivity index (χ1n) is 14.3. The van der Waals surface area contributed by atoms with E-state index in [1.54, 1.807) is 6.92 Å². The zero-order chi connectivity index (χ0) is 26.8. The molecule has 0 saturated carbocycles. The van der Waals surface area contributed by atoms with E-state index in [1.807, 2.05) is 11.9 Å². The Bertz CT molecular complexity index is 650. The number of unbranched alkanes of at least 4 members (excludes halogenated alkanes) is 15. The number of aliphatic carboxylic acids is 1. The van der Waals surface area contributed by atoms with Crippen LogP contribution < -0.4 is 0 Å². The average Bonchev–Trinajstić information content (AvgIpc) is 2.77. The molecule has 0 aromatic carbocycles. The minimum Gasteiger partial charge on any atom is -0.480 e. The molecule has 0 spiro atoms. The summed E-state index contributed by atoms with van der Waals surface area (Å²) in [5.41, 5.74) is -1.50. The molecule has 35 heavy (non-hydrogen) atoms. The van der Waals surface area contributed by atoms with Crippen LogP contribution in [0.15, 0.2) is 0 Å². The Morgan fingerprint density at radius 2 is 1.06 bits per heavy atom. The van der Waals surface area contributed by atoms with E-state index in [2.05, 4.69) is 20.8 Å². The molecule has 7 heteroatoms. The van der Waals surface area contributed by atoms with Crippen molar-refractivity contribution in [1.29, 1.82) is 0 Å². The largest absolute Gasteiger partial charge is 0.480 e. The molecule has 0 bridgehead atoms. The number of carboxylic acid groups (broad SMARTS) is 1. The first-order valence-corrected chi connectivity index (χ1v) is 15.9. The molecule has 0 aromatic heterocycles. The van der Waals surface area contributed by atoms with E-state index in [4.69, 9.17) is 4.55 Å². The van der Waals surface area contributed by atoms with Crippen molar-refractivity contribution in [3.8, 4) is 0 Å². The fraction of sp³-hybridized carbons (Fsp3) is 0.964. The van der Waals surface area contributed by atoms with E-state index < -0.39 is 27.4 Å². The predicted octanol–water partition coefficient (Wildman–Crippen LogP) is 7.86. The molecule has 6 nitrogen and oxygen atoms in total. The quantitative estimate of drug-likeness (QED) is 0.0995. The van der Waals surface area contributed by atoms with Crippen LogP contribution in [0.25, 0.3) is 0 Å². The third-order valence-electron chi connectivity index (χ3n) is 7.82. The molecule has 0 rings (SSSR count). The number of carboxylic acids is 1.